The van der Waals surface area contributed by atoms with Crippen molar-refractivity contribution >= 4 is 56.6 Å². The molecule has 4 aliphatic rings. The fraction of sp³-hybridized carbons (Fsp3) is 0.432. The van der Waals surface area contributed by atoms with Crippen LogP contribution in [0.4, 0.5) is 22.7 Å². The van der Waals surface area contributed by atoms with Crippen LogP contribution in [0.5, 0.6) is 0 Å². The summed E-state index contributed by atoms with van der Waals surface area (Å²) in [7, 11) is 3.97. The number of hydrogen-bond donors (Lipinski definition) is 1. The first-order chi connectivity index (χ1) is 27.6. The summed E-state index contributed by atoms with van der Waals surface area (Å²) < 4.78 is 8.77. The highest BCUT2D eigenvalue weighted by Crippen LogP contribution is 2.43. The topological polar surface area (TPSA) is 140 Å². The van der Waals surface area contributed by atoms with E-state index in [1.807, 2.05) is 56.4 Å². The first-order valence-corrected chi connectivity index (χ1v) is 20.2. The highest BCUT2D eigenvalue weighted by molar-refractivity contribution is 6.00. The number of aryl methyl sites for hydroxylation is 2. The molecule has 3 aromatic carbocycles. The van der Waals surface area contributed by atoms with Gasteiger partial charge in [0.25, 0.3) is 5.56 Å². The molecule has 0 spiro atoms. The van der Waals surface area contributed by atoms with Gasteiger partial charge < -0.3 is 28.6 Å². The molecule has 6 heterocycles. The largest absolute Gasteiger partial charge is 0.420 e. The highest BCUT2D eigenvalue weighted by atomic mass is 16.4. The van der Waals surface area contributed by atoms with E-state index in [0.29, 0.717) is 28.5 Å². The third-order valence-electron chi connectivity index (χ3n) is 13.0. The van der Waals surface area contributed by atoms with Crippen molar-refractivity contribution in [3.63, 3.8) is 0 Å². The second kappa shape index (κ2) is 14.6. The molecule has 0 bridgehead atoms. The van der Waals surface area contributed by atoms with Crippen LogP contribution in [0.3, 0.4) is 0 Å². The Hall–Kier alpha value is -5.87. The van der Waals surface area contributed by atoms with Crippen LogP contribution in [-0.4, -0.2) is 78.7 Å². The molecule has 3 fully saturated rings. The van der Waals surface area contributed by atoms with Gasteiger partial charge in [0, 0.05) is 75.9 Å². The lowest BCUT2D eigenvalue weighted by atomic mass is 9.87. The van der Waals surface area contributed by atoms with Gasteiger partial charge >= 0.3 is 5.76 Å². The van der Waals surface area contributed by atoms with Crippen molar-refractivity contribution in [2.45, 2.75) is 57.4 Å². The molecule has 1 unspecified atom stereocenters. The molecule has 5 aromatic rings. The van der Waals surface area contributed by atoms with Crippen LogP contribution in [-0.2, 0) is 16.6 Å². The van der Waals surface area contributed by atoms with E-state index < -0.39 is 17.7 Å². The number of nitrogens with zero attached hydrogens (tertiary/aromatic N) is 7. The quantitative estimate of drug-likeness (QED) is 0.227. The molecule has 2 aromatic heterocycles. The maximum Gasteiger partial charge on any atom is 0.420 e. The maximum atomic E-state index is 13.2. The van der Waals surface area contributed by atoms with Crippen LogP contribution in [0.2, 0.25) is 0 Å². The lowest BCUT2D eigenvalue weighted by Crippen LogP contribution is -2.43. The number of likely N-dealkylation sites (tertiary alicyclic amines) is 1. The van der Waals surface area contributed by atoms with E-state index in [1.165, 1.54) is 10.1 Å². The number of oxazole rings is 1. The number of rotatable bonds is 6. The molecule has 57 heavy (non-hydrogen) atoms. The van der Waals surface area contributed by atoms with Gasteiger partial charge in [-0.15, -0.1) is 0 Å². The Morgan fingerprint density at radius 2 is 1.60 bits per heavy atom. The van der Waals surface area contributed by atoms with E-state index in [1.54, 1.807) is 4.57 Å². The van der Waals surface area contributed by atoms with Gasteiger partial charge in [-0.3, -0.25) is 24.3 Å². The van der Waals surface area contributed by atoms with E-state index >= 15 is 0 Å². The predicted molar refractivity (Wildman–Crippen MR) is 221 cm³/mol. The Morgan fingerprint density at radius 3 is 2.35 bits per heavy atom. The number of carbonyl (C=O) groups is 2. The molecule has 1 atom stereocenters. The van der Waals surface area contributed by atoms with Gasteiger partial charge in [-0.05, 0) is 118 Å². The maximum absolute atomic E-state index is 13.2. The summed E-state index contributed by atoms with van der Waals surface area (Å²) in [4.78, 5) is 59.7. The van der Waals surface area contributed by atoms with Crippen molar-refractivity contribution in [3.8, 4) is 6.07 Å². The minimum atomic E-state index is -0.757. The summed E-state index contributed by atoms with van der Waals surface area (Å²) in [6.07, 6.45) is 4.70. The fourth-order valence-corrected chi connectivity index (χ4v) is 9.69. The molecule has 13 heteroatoms. The third kappa shape index (κ3) is 6.65. The summed E-state index contributed by atoms with van der Waals surface area (Å²) in [5, 5.41) is 13.2. The minimum Gasteiger partial charge on any atom is -0.408 e. The van der Waals surface area contributed by atoms with E-state index in [0.717, 1.165) is 111 Å². The number of hydrogen-bond acceptors (Lipinski definition) is 10. The van der Waals surface area contributed by atoms with Crippen molar-refractivity contribution < 1.29 is 14.0 Å². The molecule has 9 rings (SSSR count). The van der Waals surface area contributed by atoms with Gasteiger partial charge in [-0.25, -0.2) is 4.79 Å². The summed E-state index contributed by atoms with van der Waals surface area (Å²) in [6, 6.07) is 19.8. The lowest BCUT2D eigenvalue weighted by molar-refractivity contribution is -0.135. The normalized spacial score (nSPS) is 20.0. The average molecular weight is 769 g/mol. The first kappa shape index (κ1) is 36.7. The van der Waals surface area contributed by atoms with E-state index in [9.17, 15) is 24.4 Å². The number of amides is 2. The van der Waals surface area contributed by atoms with Gasteiger partial charge in [0.15, 0.2) is 5.58 Å². The molecule has 3 saturated heterocycles. The Bertz CT molecular complexity index is 2580. The van der Waals surface area contributed by atoms with Crippen molar-refractivity contribution in [2.24, 2.45) is 13.0 Å². The van der Waals surface area contributed by atoms with Crippen molar-refractivity contribution in [2.75, 3.05) is 67.6 Å². The second-order valence-corrected chi connectivity index (χ2v) is 16.4. The molecule has 0 saturated carbocycles. The molecule has 13 nitrogen and oxygen atoms in total. The molecule has 1 N–H and O–H groups in total. The van der Waals surface area contributed by atoms with Gasteiger partial charge in [-0.1, -0.05) is 0 Å². The van der Waals surface area contributed by atoms with E-state index in [-0.39, 0.29) is 24.3 Å². The number of likely N-dealkylation sites (N-methyl/N-ethyl adjacent to an activating group) is 1. The van der Waals surface area contributed by atoms with Gasteiger partial charge in [-0.2, -0.15) is 5.26 Å². The predicted octanol–water partition coefficient (Wildman–Crippen LogP) is 5.29. The molecule has 294 valence electrons. The SMILES string of the molecule is Cc1cc2c(N3CCN(C)c4ccc(C#N)cc43)cc(C3CCN(CC4CCN(c5ccc6c(c5)oc(=O)n6C5CCC(=O)NC5=O)CC4)CC3)cc2n(C)c1=O. The summed E-state index contributed by atoms with van der Waals surface area (Å²) in [6.45, 7) is 8.44. The van der Waals surface area contributed by atoms with Crippen LogP contribution in [0.15, 0.2) is 68.6 Å². The fourth-order valence-electron chi connectivity index (χ4n) is 9.69. The minimum absolute atomic E-state index is 0.0213. The number of benzene rings is 3. The zero-order valence-corrected chi connectivity index (χ0v) is 32.8. The molecular formula is C44H48N8O5. The van der Waals surface area contributed by atoms with Crippen molar-refractivity contribution in [1.82, 2.24) is 19.4 Å². The van der Waals surface area contributed by atoms with Gasteiger partial charge in [0.2, 0.25) is 11.8 Å². The zero-order valence-electron chi connectivity index (χ0n) is 32.8. The van der Waals surface area contributed by atoms with Gasteiger partial charge in [0.1, 0.15) is 6.04 Å². The van der Waals surface area contributed by atoms with Crippen molar-refractivity contribution in [1.29, 1.82) is 5.26 Å². The second-order valence-electron chi connectivity index (χ2n) is 16.4. The van der Waals surface area contributed by atoms with Crippen LogP contribution in [0, 0.1) is 24.2 Å². The number of fused-ring (bicyclic) bond motifs is 3. The number of piperidine rings is 3. The number of nitrogens with one attached hydrogen (secondary N) is 1. The van der Waals surface area contributed by atoms with Crippen LogP contribution >= 0.6 is 0 Å². The number of aromatic nitrogens is 2. The molecule has 0 radical (unpaired) electrons. The molecule has 0 aliphatic carbocycles. The monoisotopic (exact) mass is 768 g/mol. The Morgan fingerprint density at radius 1 is 0.807 bits per heavy atom. The molecule has 2 amide bonds. The third-order valence-corrected chi connectivity index (χ3v) is 13.0. The van der Waals surface area contributed by atoms with Crippen LogP contribution in [0.25, 0.3) is 22.0 Å². The molecular weight excluding hydrogens is 721 g/mol. The lowest BCUT2D eigenvalue weighted by Gasteiger charge is -2.39. The van der Waals surface area contributed by atoms with Crippen molar-refractivity contribution in [3.05, 3.63) is 92.2 Å². The average Bonchev–Trinajstić information content (AvgIpc) is 3.55. The Balaban J connectivity index is 0.874. The highest BCUT2D eigenvalue weighted by Gasteiger charge is 2.32. The molecule has 4 aliphatic heterocycles. The zero-order chi connectivity index (χ0) is 39.5. The standard InChI is InChI=1S/C44H48N8O5/c1-27-20-33-37(48(3)43(27)55)22-31(23-38(33)51-19-18-47(2)34-6-4-29(25-45)21-39(34)51)30-12-14-49(15-13-30)26-28-10-16-50(17-11-28)32-5-7-35-40(24-32)57-44(56)52(35)36-8-9-41(53)46-42(36)54/h4-7,20-24,28,30,36H,8-19,26H2,1-3H3,(H,46,53,54). The summed E-state index contributed by atoms with van der Waals surface area (Å²) >= 11 is 0. The van der Waals surface area contributed by atoms with Crippen LogP contribution < -0.4 is 31.3 Å². The van der Waals surface area contributed by atoms with Gasteiger partial charge in [0.05, 0.1) is 39.7 Å². The number of anilines is 4. The Labute approximate surface area is 330 Å². The number of nitriles is 1. The number of pyridine rings is 1. The Kier molecular flexibility index (Phi) is 9.39. The summed E-state index contributed by atoms with van der Waals surface area (Å²) in [5.41, 5.74) is 8.79. The number of imide groups is 1. The summed E-state index contributed by atoms with van der Waals surface area (Å²) in [5.74, 6) is -0.412. The van der Waals surface area contributed by atoms with E-state index in [4.69, 9.17) is 4.42 Å². The number of carbonyl (C=O) groups excluding carboxylic acids is 2. The smallest absolute Gasteiger partial charge is 0.408 e. The van der Waals surface area contributed by atoms with E-state index in [2.05, 4.69) is 50.2 Å². The first-order valence-electron chi connectivity index (χ1n) is 20.2. The van der Waals surface area contributed by atoms with Crippen LogP contribution in [0.1, 0.15) is 67.2 Å².